The van der Waals surface area contributed by atoms with Gasteiger partial charge in [0.2, 0.25) is 0 Å². The van der Waals surface area contributed by atoms with Crippen LogP contribution in [0.5, 0.6) is 0 Å². The van der Waals surface area contributed by atoms with E-state index in [1.54, 1.807) is 49.4 Å². The van der Waals surface area contributed by atoms with Gasteiger partial charge in [-0.1, -0.05) is 29.0 Å². The maximum absolute atomic E-state index is 12.4. The third-order valence-electron chi connectivity index (χ3n) is 3.45. The summed E-state index contributed by atoms with van der Waals surface area (Å²) in [7, 11) is -3.71. The van der Waals surface area contributed by atoms with Crippen molar-refractivity contribution in [3.63, 3.8) is 0 Å². The number of anilines is 1. The van der Waals surface area contributed by atoms with Crippen molar-refractivity contribution in [1.82, 2.24) is 4.98 Å². The van der Waals surface area contributed by atoms with Crippen LogP contribution in [0.25, 0.3) is 10.2 Å². The maximum Gasteiger partial charge on any atom is 0.338 e. The van der Waals surface area contributed by atoms with Crippen LogP contribution in [0, 0.1) is 6.92 Å². The molecular formula is C17H16N2O4S2. The number of sulfonamides is 1. The lowest BCUT2D eigenvalue weighted by molar-refractivity contribution is 0.0526. The zero-order chi connectivity index (χ0) is 18.0. The average Bonchev–Trinajstić information content (AvgIpc) is 2.95. The van der Waals surface area contributed by atoms with Crippen LogP contribution in [0.3, 0.4) is 0 Å². The van der Waals surface area contributed by atoms with Crippen molar-refractivity contribution in [2.75, 3.05) is 11.3 Å². The predicted molar refractivity (Wildman–Crippen MR) is 97.6 cm³/mol. The zero-order valence-electron chi connectivity index (χ0n) is 13.6. The van der Waals surface area contributed by atoms with Gasteiger partial charge in [0.1, 0.15) is 0 Å². The van der Waals surface area contributed by atoms with E-state index in [1.165, 1.54) is 0 Å². The second-order valence-electron chi connectivity index (χ2n) is 5.34. The topological polar surface area (TPSA) is 85.4 Å². The summed E-state index contributed by atoms with van der Waals surface area (Å²) >= 11 is 1.16. The van der Waals surface area contributed by atoms with Gasteiger partial charge in [0.15, 0.2) is 5.13 Å². The first-order valence-electron chi connectivity index (χ1n) is 7.56. The molecule has 0 spiro atoms. The minimum Gasteiger partial charge on any atom is -0.462 e. The molecule has 0 saturated heterocycles. The summed E-state index contributed by atoms with van der Waals surface area (Å²) in [5.74, 6) is -0.417. The molecule has 130 valence electrons. The first-order valence-corrected chi connectivity index (χ1v) is 9.86. The average molecular weight is 376 g/mol. The summed E-state index contributed by atoms with van der Waals surface area (Å²) in [5.41, 5.74) is 2.00. The molecule has 0 aliphatic heterocycles. The Hall–Kier alpha value is -2.45. The number of carbonyl (C=O) groups excluding carboxylic acids is 1. The largest absolute Gasteiger partial charge is 0.462 e. The zero-order valence-corrected chi connectivity index (χ0v) is 15.3. The Balaban J connectivity index is 1.89. The number of ether oxygens (including phenoxy) is 1. The van der Waals surface area contributed by atoms with Gasteiger partial charge in [-0.05, 0) is 44.2 Å². The first-order chi connectivity index (χ1) is 11.9. The fourth-order valence-electron chi connectivity index (χ4n) is 2.20. The Bertz CT molecular complexity index is 1020. The molecule has 0 unspecified atom stereocenters. The van der Waals surface area contributed by atoms with Gasteiger partial charge >= 0.3 is 5.97 Å². The number of hydrogen-bond donors (Lipinski definition) is 1. The van der Waals surface area contributed by atoms with Crippen LogP contribution < -0.4 is 4.72 Å². The number of benzene rings is 2. The number of nitrogens with zero attached hydrogens (tertiary/aromatic N) is 1. The van der Waals surface area contributed by atoms with Crippen molar-refractivity contribution < 1.29 is 17.9 Å². The van der Waals surface area contributed by atoms with Crippen molar-refractivity contribution in [3.05, 3.63) is 53.6 Å². The van der Waals surface area contributed by atoms with E-state index >= 15 is 0 Å². The second-order valence-corrected chi connectivity index (χ2v) is 8.05. The van der Waals surface area contributed by atoms with Gasteiger partial charge in [0.05, 0.1) is 27.3 Å². The number of thiazole rings is 1. The lowest BCUT2D eigenvalue weighted by Crippen LogP contribution is -2.12. The van der Waals surface area contributed by atoms with Gasteiger partial charge in [-0.25, -0.2) is 18.2 Å². The van der Waals surface area contributed by atoms with Crippen molar-refractivity contribution >= 4 is 42.7 Å². The standard InChI is InChI=1S/C17H16N2O4S2/c1-3-23-16(20)12-6-9-14-15(10-12)24-17(18-14)19-25(21,22)13-7-4-11(2)5-8-13/h4-10H,3H2,1-2H3,(H,18,19). The van der Waals surface area contributed by atoms with E-state index in [-0.39, 0.29) is 10.0 Å². The van der Waals surface area contributed by atoms with Gasteiger partial charge in [0.25, 0.3) is 10.0 Å². The molecule has 0 saturated carbocycles. The predicted octanol–water partition coefficient (Wildman–Crippen LogP) is 3.58. The molecule has 25 heavy (non-hydrogen) atoms. The van der Waals surface area contributed by atoms with Crippen LogP contribution in [0.2, 0.25) is 0 Å². The number of hydrogen-bond acceptors (Lipinski definition) is 6. The first kappa shape index (κ1) is 17.4. The lowest BCUT2D eigenvalue weighted by Gasteiger charge is -2.04. The summed E-state index contributed by atoms with van der Waals surface area (Å²) in [5, 5.41) is 0.247. The Kier molecular flexibility index (Phi) is 4.73. The number of esters is 1. The lowest BCUT2D eigenvalue weighted by atomic mass is 10.2. The van der Waals surface area contributed by atoms with E-state index in [9.17, 15) is 13.2 Å². The normalized spacial score (nSPS) is 11.4. The molecule has 0 aliphatic carbocycles. The fourth-order valence-corrected chi connectivity index (χ4v) is 4.34. The summed E-state index contributed by atoms with van der Waals surface area (Å²) in [6, 6.07) is 11.5. The highest BCUT2D eigenvalue weighted by Crippen LogP contribution is 2.28. The Morgan fingerprint density at radius 2 is 1.92 bits per heavy atom. The molecule has 2 aromatic carbocycles. The number of nitrogens with one attached hydrogen (secondary N) is 1. The molecule has 3 aromatic rings. The Morgan fingerprint density at radius 3 is 2.60 bits per heavy atom. The Morgan fingerprint density at radius 1 is 1.20 bits per heavy atom. The molecule has 0 bridgehead atoms. The molecule has 0 amide bonds. The van der Waals surface area contributed by atoms with E-state index in [2.05, 4.69) is 9.71 Å². The van der Waals surface area contributed by atoms with Crippen molar-refractivity contribution in [2.24, 2.45) is 0 Å². The van der Waals surface area contributed by atoms with Crippen molar-refractivity contribution in [1.29, 1.82) is 0 Å². The third-order valence-corrected chi connectivity index (χ3v) is 5.87. The highest BCUT2D eigenvalue weighted by Gasteiger charge is 2.17. The minimum absolute atomic E-state index is 0.171. The van der Waals surface area contributed by atoms with Gasteiger partial charge in [0, 0.05) is 0 Å². The SMILES string of the molecule is CCOC(=O)c1ccc2nc(NS(=O)(=O)c3ccc(C)cc3)sc2c1. The molecule has 1 heterocycles. The minimum atomic E-state index is -3.71. The quantitative estimate of drug-likeness (QED) is 0.688. The van der Waals surface area contributed by atoms with Gasteiger partial charge in [-0.15, -0.1) is 0 Å². The van der Waals surface area contributed by atoms with E-state index in [1.807, 2.05) is 6.92 Å². The van der Waals surface area contributed by atoms with E-state index in [4.69, 9.17) is 4.74 Å². The van der Waals surface area contributed by atoms with Gasteiger partial charge in [-0.2, -0.15) is 0 Å². The molecule has 8 heteroatoms. The molecule has 0 aliphatic rings. The summed E-state index contributed by atoms with van der Waals surface area (Å²) in [6.45, 7) is 3.92. The fraction of sp³-hybridized carbons (Fsp3) is 0.176. The van der Waals surface area contributed by atoms with Gasteiger partial charge in [-0.3, -0.25) is 4.72 Å². The number of carbonyl (C=O) groups is 1. The Labute approximate surface area is 149 Å². The number of aryl methyl sites for hydroxylation is 1. The van der Waals surface area contributed by atoms with E-state index in [0.29, 0.717) is 22.4 Å². The summed E-state index contributed by atoms with van der Waals surface area (Å²) in [4.78, 5) is 16.2. The van der Waals surface area contributed by atoms with Crippen LogP contribution in [-0.2, 0) is 14.8 Å². The molecule has 0 radical (unpaired) electrons. The molecule has 3 rings (SSSR count). The number of aromatic nitrogens is 1. The maximum atomic E-state index is 12.4. The second kappa shape index (κ2) is 6.81. The van der Waals surface area contributed by atoms with Crippen LogP contribution >= 0.6 is 11.3 Å². The number of rotatable bonds is 5. The molecule has 6 nitrogen and oxygen atoms in total. The third kappa shape index (κ3) is 3.80. The van der Waals surface area contributed by atoms with Crippen molar-refractivity contribution in [2.45, 2.75) is 18.7 Å². The number of fused-ring (bicyclic) bond motifs is 1. The summed E-state index contributed by atoms with van der Waals surface area (Å²) in [6.07, 6.45) is 0. The molecule has 0 fully saturated rings. The summed E-state index contributed by atoms with van der Waals surface area (Å²) < 4.78 is 33.0. The molecule has 0 atom stereocenters. The smallest absolute Gasteiger partial charge is 0.338 e. The van der Waals surface area contributed by atoms with Crippen LogP contribution in [-0.4, -0.2) is 26.0 Å². The highest BCUT2D eigenvalue weighted by atomic mass is 32.2. The van der Waals surface area contributed by atoms with Crippen LogP contribution in [0.1, 0.15) is 22.8 Å². The van der Waals surface area contributed by atoms with Gasteiger partial charge < -0.3 is 4.74 Å². The molecule has 1 N–H and O–H groups in total. The van der Waals surface area contributed by atoms with Crippen LogP contribution in [0.15, 0.2) is 47.4 Å². The van der Waals surface area contributed by atoms with E-state index in [0.717, 1.165) is 16.9 Å². The van der Waals surface area contributed by atoms with E-state index < -0.39 is 16.0 Å². The monoisotopic (exact) mass is 376 g/mol. The van der Waals surface area contributed by atoms with Crippen molar-refractivity contribution in [3.8, 4) is 0 Å². The van der Waals surface area contributed by atoms with Crippen LogP contribution in [0.4, 0.5) is 5.13 Å². The highest BCUT2D eigenvalue weighted by molar-refractivity contribution is 7.93. The molecule has 1 aromatic heterocycles. The molecular weight excluding hydrogens is 360 g/mol.